The van der Waals surface area contributed by atoms with Crippen molar-refractivity contribution in [2.75, 3.05) is 26.4 Å². The predicted octanol–water partition coefficient (Wildman–Crippen LogP) is 3.68. The smallest absolute Gasteiger partial charge is 0.192 e. The van der Waals surface area contributed by atoms with Crippen LogP contribution < -0.4 is 0 Å². The van der Waals surface area contributed by atoms with Crippen molar-refractivity contribution in [3.63, 3.8) is 0 Å². The van der Waals surface area contributed by atoms with Crippen molar-refractivity contribution in [1.82, 2.24) is 0 Å². The van der Waals surface area contributed by atoms with E-state index in [0.717, 1.165) is 32.1 Å². The van der Waals surface area contributed by atoms with Crippen molar-refractivity contribution in [1.29, 1.82) is 0 Å². The maximum absolute atomic E-state index is 9.29. The molecule has 152 valence electrons. The Balaban J connectivity index is 1.66. The molecule has 1 aromatic rings. The van der Waals surface area contributed by atoms with E-state index in [0.29, 0.717) is 32.3 Å². The number of hydrogen-bond acceptors (Lipinski definition) is 5. The Morgan fingerprint density at radius 1 is 1.19 bits per heavy atom. The quantitative estimate of drug-likeness (QED) is 0.748. The van der Waals surface area contributed by atoms with Gasteiger partial charge >= 0.3 is 0 Å². The molecule has 5 nitrogen and oxygen atoms in total. The minimum absolute atomic E-state index is 0.0192. The van der Waals surface area contributed by atoms with E-state index < -0.39 is 5.79 Å². The molecule has 0 radical (unpaired) electrons. The molecular formula is C22H34O5. The minimum Gasteiger partial charge on any atom is -0.396 e. The molecular weight excluding hydrogens is 344 g/mol. The number of aliphatic hydroxyl groups excluding tert-OH is 1. The lowest BCUT2D eigenvalue weighted by atomic mass is 9.88. The number of hydrogen-bond donors (Lipinski definition) is 1. The number of rotatable bonds is 8. The predicted molar refractivity (Wildman–Crippen MR) is 103 cm³/mol. The monoisotopic (exact) mass is 378 g/mol. The zero-order valence-electron chi connectivity index (χ0n) is 16.7. The Bertz CT molecular complexity index is 557. The number of ether oxygens (including phenoxy) is 4. The lowest BCUT2D eigenvalue weighted by Gasteiger charge is -2.36. The largest absolute Gasteiger partial charge is 0.396 e. The summed E-state index contributed by atoms with van der Waals surface area (Å²) in [5, 5.41) is 9.29. The van der Waals surface area contributed by atoms with Crippen LogP contribution in [0.4, 0.5) is 0 Å². The first-order valence-corrected chi connectivity index (χ1v) is 10.2. The Kier molecular flexibility index (Phi) is 7.29. The molecule has 3 atom stereocenters. The van der Waals surface area contributed by atoms with Gasteiger partial charge in [0.1, 0.15) is 6.61 Å². The Labute approximate surface area is 163 Å². The zero-order chi connectivity index (χ0) is 19.2. The Morgan fingerprint density at radius 2 is 1.93 bits per heavy atom. The van der Waals surface area contributed by atoms with E-state index in [4.69, 9.17) is 18.9 Å². The van der Waals surface area contributed by atoms with Crippen LogP contribution in [0.25, 0.3) is 0 Å². The van der Waals surface area contributed by atoms with E-state index >= 15 is 0 Å². The molecule has 2 heterocycles. The van der Waals surface area contributed by atoms with Gasteiger partial charge in [-0.3, -0.25) is 0 Å². The molecule has 0 bridgehead atoms. The summed E-state index contributed by atoms with van der Waals surface area (Å²) in [4.78, 5) is 0. The lowest BCUT2D eigenvalue weighted by Crippen LogP contribution is -2.44. The fraction of sp³-hybridized carbons (Fsp3) is 0.727. The van der Waals surface area contributed by atoms with E-state index in [1.807, 2.05) is 18.2 Å². The molecule has 2 aliphatic rings. The van der Waals surface area contributed by atoms with Gasteiger partial charge in [0.25, 0.3) is 0 Å². The van der Waals surface area contributed by atoms with Crippen LogP contribution >= 0.6 is 0 Å². The van der Waals surface area contributed by atoms with Gasteiger partial charge in [-0.25, -0.2) is 0 Å². The molecule has 3 rings (SSSR count). The summed E-state index contributed by atoms with van der Waals surface area (Å²) in [6, 6.07) is 10.3. The van der Waals surface area contributed by atoms with E-state index in [2.05, 4.69) is 26.0 Å². The van der Waals surface area contributed by atoms with Gasteiger partial charge < -0.3 is 24.1 Å². The van der Waals surface area contributed by atoms with Crippen molar-refractivity contribution >= 4 is 0 Å². The summed E-state index contributed by atoms with van der Waals surface area (Å²) < 4.78 is 24.6. The van der Waals surface area contributed by atoms with Gasteiger partial charge in [-0.15, -0.1) is 0 Å². The summed E-state index contributed by atoms with van der Waals surface area (Å²) >= 11 is 0. The topological polar surface area (TPSA) is 57.2 Å². The highest BCUT2D eigenvalue weighted by Crippen LogP contribution is 2.38. The second kappa shape index (κ2) is 9.48. The van der Waals surface area contributed by atoms with Gasteiger partial charge in [-0.05, 0) is 37.7 Å². The molecule has 1 spiro atoms. The van der Waals surface area contributed by atoms with Crippen molar-refractivity contribution in [2.24, 2.45) is 5.92 Å². The maximum Gasteiger partial charge on any atom is 0.192 e. The highest BCUT2D eigenvalue weighted by atomic mass is 16.8. The third-order valence-corrected chi connectivity index (χ3v) is 5.88. The Hall–Kier alpha value is -0.980. The van der Waals surface area contributed by atoms with Crippen molar-refractivity contribution in [3.8, 4) is 0 Å². The highest BCUT2D eigenvalue weighted by molar-refractivity contribution is 5.13. The second-order valence-corrected chi connectivity index (χ2v) is 8.21. The molecule has 0 saturated carbocycles. The molecule has 0 aliphatic carbocycles. The van der Waals surface area contributed by atoms with Gasteiger partial charge in [0, 0.05) is 13.0 Å². The fourth-order valence-electron chi connectivity index (χ4n) is 3.98. The van der Waals surface area contributed by atoms with E-state index in [-0.39, 0.29) is 18.3 Å². The van der Waals surface area contributed by atoms with E-state index in [9.17, 15) is 5.11 Å². The van der Waals surface area contributed by atoms with Gasteiger partial charge in [-0.2, -0.15) is 0 Å². The first-order chi connectivity index (χ1) is 13.1. The summed E-state index contributed by atoms with van der Waals surface area (Å²) in [7, 11) is 0. The van der Waals surface area contributed by atoms with Gasteiger partial charge in [-0.1, -0.05) is 43.7 Å². The average Bonchev–Trinajstić information content (AvgIpc) is 3.11. The molecule has 2 unspecified atom stereocenters. The van der Waals surface area contributed by atoms with Crippen LogP contribution in [0, 0.1) is 5.92 Å². The highest BCUT2D eigenvalue weighted by Gasteiger charge is 2.47. The summed E-state index contributed by atoms with van der Waals surface area (Å²) in [6.45, 7) is 6.75. The minimum atomic E-state index is -0.607. The van der Waals surface area contributed by atoms with Crippen LogP contribution in [0.2, 0.25) is 0 Å². The number of aliphatic hydroxyl groups is 1. The lowest BCUT2D eigenvalue weighted by molar-refractivity contribution is -0.215. The molecule has 2 saturated heterocycles. The number of benzene rings is 1. The Morgan fingerprint density at radius 3 is 2.63 bits per heavy atom. The van der Waals surface area contributed by atoms with Gasteiger partial charge in [0.15, 0.2) is 5.79 Å². The molecule has 0 amide bonds. The summed E-state index contributed by atoms with van der Waals surface area (Å²) in [5.41, 5.74) is 0.782. The molecule has 2 aliphatic heterocycles. The summed E-state index contributed by atoms with van der Waals surface area (Å²) in [5.74, 6) is -0.291. The molecule has 2 fully saturated rings. The van der Waals surface area contributed by atoms with Crippen LogP contribution in [0.5, 0.6) is 0 Å². The van der Waals surface area contributed by atoms with Crippen molar-refractivity contribution < 1.29 is 24.1 Å². The molecule has 5 heteroatoms. The SMILES string of the molecule is CC(CO)CCCC1(C)OCC2(CC[C@@H]1OCc1ccccc1)OCCO2. The molecule has 0 aromatic heterocycles. The fourth-order valence-corrected chi connectivity index (χ4v) is 3.98. The first kappa shape index (κ1) is 20.7. The third kappa shape index (κ3) is 5.52. The average molecular weight is 379 g/mol. The van der Waals surface area contributed by atoms with Crippen LogP contribution in [-0.2, 0) is 25.6 Å². The van der Waals surface area contributed by atoms with Crippen LogP contribution in [0.15, 0.2) is 30.3 Å². The molecule has 1 N–H and O–H groups in total. The second-order valence-electron chi connectivity index (χ2n) is 8.21. The van der Waals surface area contributed by atoms with Gasteiger partial charge in [0.2, 0.25) is 0 Å². The third-order valence-electron chi connectivity index (χ3n) is 5.88. The molecule has 1 aromatic carbocycles. The summed E-state index contributed by atoms with van der Waals surface area (Å²) in [6.07, 6.45) is 4.49. The van der Waals surface area contributed by atoms with Gasteiger partial charge in [0.05, 0.1) is 31.5 Å². The first-order valence-electron chi connectivity index (χ1n) is 10.2. The van der Waals surface area contributed by atoms with Crippen LogP contribution in [-0.4, -0.2) is 49.0 Å². The van der Waals surface area contributed by atoms with Crippen LogP contribution in [0.1, 0.15) is 51.5 Å². The van der Waals surface area contributed by atoms with E-state index in [1.54, 1.807) is 0 Å². The zero-order valence-corrected chi connectivity index (χ0v) is 16.7. The van der Waals surface area contributed by atoms with Crippen LogP contribution in [0.3, 0.4) is 0 Å². The normalized spacial score (nSPS) is 28.9. The van der Waals surface area contributed by atoms with E-state index in [1.165, 1.54) is 5.56 Å². The van der Waals surface area contributed by atoms with Crippen molar-refractivity contribution in [2.45, 2.75) is 70.1 Å². The molecule has 27 heavy (non-hydrogen) atoms. The maximum atomic E-state index is 9.29. The van der Waals surface area contributed by atoms with Crippen molar-refractivity contribution in [3.05, 3.63) is 35.9 Å². The standard InChI is InChI=1S/C22H34O5/c1-18(15-23)7-6-11-21(2)20(24-16-19-8-4-3-5-9-19)10-12-22(17-27-21)25-13-14-26-22/h3-5,8-9,18,20,23H,6-7,10-17H2,1-2H3/t18?,20-,21?/m0/s1.